The van der Waals surface area contributed by atoms with Crippen LogP contribution in [0.2, 0.25) is 0 Å². The molecule has 0 amide bonds. The summed E-state index contributed by atoms with van der Waals surface area (Å²) in [6.07, 6.45) is 0. The first-order valence-corrected chi connectivity index (χ1v) is 11.3. The molecule has 4 N–H and O–H groups in total. The molecule has 180 valence electrons. The summed E-state index contributed by atoms with van der Waals surface area (Å²) in [5.74, 6) is 1.46. The Balaban J connectivity index is 1.51. The van der Waals surface area contributed by atoms with Crippen LogP contribution in [-0.4, -0.2) is 51.8 Å². The molecule has 4 aromatic rings. The fourth-order valence-corrected chi connectivity index (χ4v) is 3.78. The Morgan fingerprint density at radius 1 is 0.944 bits per heavy atom. The number of nitrogens with zero attached hydrogens (tertiary/aromatic N) is 4. The fourth-order valence-electron chi connectivity index (χ4n) is 3.78. The minimum atomic E-state index is -0.145. The number of aromatic nitrogens is 2. The average Bonchev–Trinajstić information content (AvgIpc) is 3.31. The lowest BCUT2D eigenvalue weighted by molar-refractivity contribution is 0.387. The van der Waals surface area contributed by atoms with Crippen LogP contribution in [0.15, 0.2) is 83.9 Å². The smallest absolute Gasteiger partial charge is 0.325 e. The fraction of sp³-hybridized carbons (Fsp3) is 0.111. The maximum Gasteiger partial charge on any atom is 0.325 e. The van der Waals surface area contributed by atoms with Crippen molar-refractivity contribution in [2.75, 3.05) is 20.1 Å². The molecule has 9 nitrogen and oxygen atoms in total. The molecule has 2 heterocycles. The van der Waals surface area contributed by atoms with E-state index in [1.807, 2.05) is 61.6 Å². The number of phenols is 1. The van der Waals surface area contributed by atoms with Crippen molar-refractivity contribution in [1.82, 2.24) is 14.9 Å². The van der Waals surface area contributed by atoms with Gasteiger partial charge in [0, 0.05) is 36.3 Å². The number of nitrogen functional groups attached to an aromatic ring is 1. The van der Waals surface area contributed by atoms with Crippen molar-refractivity contribution in [2.45, 2.75) is 0 Å². The van der Waals surface area contributed by atoms with Gasteiger partial charge in [0.05, 0.1) is 12.2 Å². The van der Waals surface area contributed by atoms with Crippen LogP contribution in [0.25, 0.3) is 11.3 Å². The van der Waals surface area contributed by atoms with Crippen LogP contribution < -0.4 is 15.2 Å². The van der Waals surface area contributed by atoms with E-state index in [4.69, 9.17) is 20.6 Å². The highest BCUT2D eigenvalue weighted by molar-refractivity contribution is 6.00. The van der Waals surface area contributed by atoms with Gasteiger partial charge in [0.15, 0.2) is 11.5 Å². The highest BCUT2D eigenvalue weighted by Crippen LogP contribution is 2.34. The highest BCUT2D eigenvalue weighted by atomic mass is 16.5. The third kappa shape index (κ3) is 4.95. The number of amidine groups is 2. The summed E-state index contributed by atoms with van der Waals surface area (Å²) in [4.78, 5) is 15.7. The minimum absolute atomic E-state index is 0.0763. The normalized spacial score (nSPS) is 12.8. The summed E-state index contributed by atoms with van der Waals surface area (Å²) in [5, 5.41) is 18.0. The average molecular weight is 481 g/mol. The van der Waals surface area contributed by atoms with Crippen molar-refractivity contribution in [2.24, 2.45) is 10.7 Å². The molecule has 0 bridgehead atoms. The van der Waals surface area contributed by atoms with E-state index in [0.717, 1.165) is 30.1 Å². The van der Waals surface area contributed by atoms with Crippen LogP contribution in [0.4, 0.5) is 0 Å². The van der Waals surface area contributed by atoms with Crippen LogP contribution in [0.1, 0.15) is 11.1 Å². The van der Waals surface area contributed by atoms with Crippen molar-refractivity contribution in [3.05, 3.63) is 90.0 Å². The Bertz CT molecular complexity index is 1460. The summed E-state index contributed by atoms with van der Waals surface area (Å²) in [7, 11) is 2.01. The lowest BCUT2D eigenvalue weighted by atomic mass is 10.1. The van der Waals surface area contributed by atoms with Gasteiger partial charge >= 0.3 is 6.01 Å². The molecule has 36 heavy (non-hydrogen) atoms. The molecule has 0 fully saturated rings. The van der Waals surface area contributed by atoms with Crippen LogP contribution >= 0.6 is 0 Å². The maximum absolute atomic E-state index is 10.3. The first kappa shape index (κ1) is 22.9. The van der Waals surface area contributed by atoms with E-state index in [1.165, 1.54) is 18.2 Å². The number of benzene rings is 3. The molecule has 3 aromatic carbocycles. The molecule has 1 aliphatic heterocycles. The maximum atomic E-state index is 10.3. The van der Waals surface area contributed by atoms with E-state index in [0.29, 0.717) is 17.0 Å². The minimum Gasteiger partial charge on any atom is -0.504 e. The molecule has 5 rings (SSSR count). The SMILES string of the molecule is CN1CCN=C1c1cccc(Oc2nc(Oc3cc(C(=N)N)ccc3O)cc(-c3ccccc3)n2)c1. The first-order chi connectivity index (χ1) is 17.5. The zero-order chi connectivity index (χ0) is 25.1. The van der Waals surface area contributed by atoms with Crippen molar-refractivity contribution >= 4 is 11.7 Å². The topological polar surface area (TPSA) is 130 Å². The van der Waals surface area contributed by atoms with Gasteiger partial charge in [-0.2, -0.15) is 9.97 Å². The molecule has 1 aromatic heterocycles. The van der Waals surface area contributed by atoms with E-state index in [-0.39, 0.29) is 29.2 Å². The second-order valence-electron chi connectivity index (χ2n) is 8.20. The van der Waals surface area contributed by atoms with Gasteiger partial charge in [-0.3, -0.25) is 10.4 Å². The number of likely N-dealkylation sites (N-methyl/N-ethyl adjacent to an activating group) is 1. The monoisotopic (exact) mass is 480 g/mol. The first-order valence-electron chi connectivity index (χ1n) is 11.3. The summed E-state index contributed by atoms with van der Waals surface area (Å²) in [5.41, 5.74) is 8.36. The van der Waals surface area contributed by atoms with Crippen molar-refractivity contribution in [1.29, 1.82) is 5.41 Å². The number of aliphatic imine (C=N–C) groups is 1. The third-order valence-corrected chi connectivity index (χ3v) is 5.60. The van der Waals surface area contributed by atoms with Gasteiger partial charge in [-0.15, -0.1) is 0 Å². The van der Waals surface area contributed by atoms with E-state index in [1.54, 1.807) is 6.07 Å². The van der Waals surface area contributed by atoms with Gasteiger partial charge in [-0.25, -0.2) is 0 Å². The lowest BCUT2D eigenvalue weighted by Crippen LogP contribution is -2.23. The summed E-state index contributed by atoms with van der Waals surface area (Å²) in [6.45, 7) is 1.64. The van der Waals surface area contributed by atoms with Gasteiger partial charge in [0.1, 0.15) is 17.4 Å². The van der Waals surface area contributed by atoms with E-state index >= 15 is 0 Å². The van der Waals surface area contributed by atoms with Gasteiger partial charge in [0.2, 0.25) is 5.88 Å². The lowest BCUT2D eigenvalue weighted by Gasteiger charge is -2.15. The molecule has 0 atom stereocenters. The summed E-state index contributed by atoms with van der Waals surface area (Å²) < 4.78 is 12.0. The van der Waals surface area contributed by atoms with Gasteiger partial charge < -0.3 is 25.2 Å². The number of ether oxygens (including phenoxy) is 2. The standard InChI is InChI=1S/C27H24N6O3/c1-33-13-12-30-26(33)19-8-5-9-20(14-19)35-27-31-21(17-6-3-2-4-7-17)16-24(32-27)36-23-15-18(25(28)29)10-11-22(23)34/h2-11,14-16,34H,12-13H2,1H3,(H3,28,29). The second kappa shape index (κ2) is 9.75. The van der Waals surface area contributed by atoms with Crippen LogP contribution in [0.3, 0.4) is 0 Å². The Kier molecular flexibility index (Phi) is 6.19. The zero-order valence-corrected chi connectivity index (χ0v) is 19.5. The van der Waals surface area contributed by atoms with Crippen LogP contribution in [0, 0.1) is 5.41 Å². The van der Waals surface area contributed by atoms with Gasteiger partial charge in [-0.1, -0.05) is 42.5 Å². The Hall–Kier alpha value is -4.92. The molecule has 0 radical (unpaired) electrons. The molecule has 0 saturated carbocycles. The molecule has 0 unspecified atom stereocenters. The number of hydrogen-bond donors (Lipinski definition) is 3. The molecule has 0 spiro atoms. The molecular formula is C27H24N6O3. The molecule has 9 heteroatoms. The van der Waals surface area contributed by atoms with E-state index in [2.05, 4.69) is 19.9 Å². The Morgan fingerprint density at radius 3 is 2.50 bits per heavy atom. The highest BCUT2D eigenvalue weighted by Gasteiger charge is 2.17. The molecule has 1 aliphatic rings. The molecule has 0 saturated heterocycles. The van der Waals surface area contributed by atoms with Crippen LogP contribution in [0.5, 0.6) is 29.1 Å². The summed E-state index contributed by atoms with van der Waals surface area (Å²) >= 11 is 0. The quantitative estimate of drug-likeness (QED) is 0.264. The number of nitrogens with two attached hydrogens (primary N) is 1. The van der Waals surface area contributed by atoms with Gasteiger partial charge in [-0.05, 0) is 30.3 Å². The van der Waals surface area contributed by atoms with Crippen LogP contribution in [-0.2, 0) is 0 Å². The zero-order valence-electron chi connectivity index (χ0n) is 19.5. The van der Waals surface area contributed by atoms with Crippen molar-refractivity contribution < 1.29 is 14.6 Å². The largest absolute Gasteiger partial charge is 0.504 e. The predicted octanol–water partition coefficient (Wildman–Crippen LogP) is 4.41. The van der Waals surface area contributed by atoms with Crippen molar-refractivity contribution in [3.63, 3.8) is 0 Å². The molecular weight excluding hydrogens is 456 g/mol. The number of hydrogen-bond acceptors (Lipinski definition) is 8. The Morgan fingerprint density at radius 2 is 1.75 bits per heavy atom. The molecule has 0 aliphatic carbocycles. The Labute approximate surface area is 208 Å². The second-order valence-corrected chi connectivity index (χ2v) is 8.20. The third-order valence-electron chi connectivity index (χ3n) is 5.60. The number of aromatic hydroxyl groups is 1. The number of phenolic OH excluding ortho intramolecular Hbond substituents is 1. The summed E-state index contributed by atoms with van der Waals surface area (Å²) in [6, 6.07) is 23.3. The predicted molar refractivity (Wildman–Crippen MR) is 137 cm³/mol. The van der Waals surface area contributed by atoms with E-state index in [9.17, 15) is 5.11 Å². The number of rotatable bonds is 7. The van der Waals surface area contributed by atoms with E-state index < -0.39 is 0 Å². The number of nitrogens with one attached hydrogen (secondary N) is 1. The van der Waals surface area contributed by atoms with Gasteiger partial charge in [0.25, 0.3) is 0 Å². The van der Waals surface area contributed by atoms with Crippen molar-refractivity contribution in [3.8, 4) is 40.4 Å².